The van der Waals surface area contributed by atoms with Crippen LogP contribution < -0.4 is 9.64 Å². The van der Waals surface area contributed by atoms with E-state index in [1.54, 1.807) is 0 Å². The van der Waals surface area contributed by atoms with Crippen molar-refractivity contribution in [3.8, 4) is 5.75 Å². The van der Waals surface area contributed by atoms with Crippen molar-refractivity contribution >= 4 is 5.69 Å². The van der Waals surface area contributed by atoms with Crippen molar-refractivity contribution in [2.45, 2.75) is 26.4 Å². The highest BCUT2D eigenvalue weighted by Crippen LogP contribution is 2.20. The number of hydrogen-bond donors (Lipinski definition) is 0. The Hall–Kier alpha value is -2.99. The number of hydrogen-bond acceptors (Lipinski definition) is 4. The Balaban J connectivity index is 1.21. The molecule has 0 spiro atoms. The van der Waals surface area contributed by atoms with Crippen molar-refractivity contribution in [2.75, 3.05) is 44.2 Å². The molecular formula is C27H31F2N3O. The van der Waals surface area contributed by atoms with Crippen LogP contribution in [0, 0.1) is 19.7 Å². The highest BCUT2D eigenvalue weighted by Gasteiger charge is 2.20. The number of halogens is 2. The van der Waals surface area contributed by atoms with Gasteiger partial charge in [0.05, 0.1) is 0 Å². The Morgan fingerprint density at radius 2 is 1.45 bits per heavy atom. The molecule has 174 valence electrons. The molecule has 4 rings (SSSR count). The fourth-order valence-electron chi connectivity index (χ4n) is 4.25. The molecular weight excluding hydrogens is 420 g/mol. The van der Waals surface area contributed by atoms with Crippen LogP contribution in [0.4, 0.5) is 14.5 Å². The van der Waals surface area contributed by atoms with Crippen molar-refractivity contribution in [1.29, 1.82) is 0 Å². The first-order valence-corrected chi connectivity index (χ1v) is 11.5. The standard InChI is InChI=1S/C27H31F2N3O/c1-20-15-27(16-21(2)30-20)33-19-25(29)18-31-11-13-32(14-12-31)26-9-5-23(6-10-26)17-22-3-7-24(28)8-4-22/h3-10,15-16,25H,11-14,17-19H2,1-2H3/t25-/m1/s1. The van der Waals surface area contributed by atoms with Gasteiger partial charge in [-0.05, 0) is 55.7 Å². The number of pyridine rings is 1. The highest BCUT2D eigenvalue weighted by atomic mass is 19.1. The van der Waals surface area contributed by atoms with Crippen molar-refractivity contribution in [2.24, 2.45) is 0 Å². The predicted octanol–water partition coefficient (Wildman–Crippen LogP) is 4.97. The number of benzene rings is 2. The van der Waals surface area contributed by atoms with Gasteiger partial charge < -0.3 is 9.64 Å². The first kappa shape index (κ1) is 23.2. The average molecular weight is 452 g/mol. The lowest BCUT2D eigenvalue weighted by Crippen LogP contribution is -2.48. The van der Waals surface area contributed by atoms with Gasteiger partial charge in [-0.15, -0.1) is 0 Å². The van der Waals surface area contributed by atoms with Gasteiger partial charge in [-0.3, -0.25) is 9.88 Å². The Kier molecular flexibility index (Phi) is 7.55. The van der Waals surface area contributed by atoms with E-state index in [9.17, 15) is 8.78 Å². The van der Waals surface area contributed by atoms with Gasteiger partial charge in [0, 0.05) is 61.9 Å². The van der Waals surface area contributed by atoms with Gasteiger partial charge in [0.25, 0.3) is 0 Å². The normalized spacial score (nSPS) is 15.5. The van der Waals surface area contributed by atoms with Gasteiger partial charge in [0.2, 0.25) is 0 Å². The average Bonchev–Trinajstić information content (AvgIpc) is 2.80. The molecule has 2 heterocycles. The molecule has 1 aromatic heterocycles. The molecule has 4 nitrogen and oxygen atoms in total. The number of ether oxygens (including phenoxy) is 1. The van der Waals surface area contributed by atoms with E-state index in [1.807, 2.05) is 38.1 Å². The molecule has 0 bridgehead atoms. The number of aromatic nitrogens is 1. The molecule has 1 atom stereocenters. The molecule has 33 heavy (non-hydrogen) atoms. The number of nitrogens with zero attached hydrogens (tertiary/aromatic N) is 3. The number of rotatable bonds is 8. The number of piperazine rings is 1. The summed E-state index contributed by atoms with van der Waals surface area (Å²) in [5.41, 5.74) is 5.22. The molecule has 1 aliphatic rings. The fraction of sp³-hybridized carbons (Fsp3) is 0.370. The number of aryl methyl sites for hydroxylation is 2. The zero-order chi connectivity index (χ0) is 23.2. The van der Waals surface area contributed by atoms with Crippen molar-refractivity contribution < 1.29 is 13.5 Å². The highest BCUT2D eigenvalue weighted by molar-refractivity contribution is 5.48. The lowest BCUT2D eigenvalue weighted by Gasteiger charge is -2.36. The molecule has 1 aliphatic heterocycles. The second-order valence-corrected chi connectivity index (χ2v) is 8.75. The van der Waals surface area contributed by atoms with Crippen LogP contribution in [0.3, 0.4) is 0 Å². The number of alkyl halides is 1. The lowest BCUT2D eigenvalue weighted by atomic mass is 10.0. The minimum Gasteiger partial charge on any atom is -0.490 e. The summed E-state index contributed by atoms with van der Waals surface area (Å²) in [6, 6.07) is 18.8. The summed E-state index contributed by atoms with van der Waals surface area (Å²) in [6.45, 7) is 7.64. The van der Waals surface area contributed by atoms with Gasteiger partial charge in [-0.2, -0.15) is 0 Å². The Morgan fingerprint density at radius 1 is 0.879 bits per heavy atom. The van der Waals surface area contributed by atoms with E-state index in [1.165, 1.54) is 23.4 Å². The van der Waals surface area contributed by atoms with E-state index in [2.05, 4.69) is 39.0 Å². The first-order chi connectivity index (χ1) is 15.9. The molecule has 2 aromatic carbocycles. The van der Waals surface area contributed by atoms with E-state index in [0.29, 0.717) is 12.3 Å². The van der Waals surface area contributed by atoms with E-state index in [-0.39, 0.29) is 12.4 Å². The second-order valence-electron chi connectivity index (χ2n) is 8.75. The molecule has 0 aliphatic carbocycles. The van der Waals surface area contributed by atoms with Crippen LogP contribution in [0.5, 0.6) is 5.75 Å². The fourth-order valence-corrected chi connectivity index (χ4v) is 4.25. The summed E-state index contributed by atoms with van der Waals surface area (Å²) in [5, 5.41) is 0. The van der Waals surface area contributed by atoms with Crippen molar-refractivity contribution in [3.05, 3.63) is 89.0 Å². The third kappa shape index (κ3) is 6.75. The van der Waals surface area contributed by atoms with Crippen LogP contribution in [0.1, 0.15) is 22.5 Å². The van der Waals surface area contributed by atoms with Gasteiger partial charge in [-0.1, -0.05) is 24.3 Å². The monoisotopic (exact) mass is 451 g/mol. The van der Waals surface area contributed by atoms with E-state index in [0.717, 1.165) is 49.6 Å². The Labute approximate surface area is 194 Å². The molecule has 1 fully saturated rings. The summed E-state index contributed by atoms with van der Waals surface area (Å²) in [5.74, 6) is 0.467. The summed E-state index contributed by atoms with van der Waals surface area (Å²) >= 11 is 0. The van der Waals surface area contributed by atoms with Crippen LogP contribution in [0.2, 0.25) is 0 Å². The lowest BCUT2D eigenvalue weighted by molar-refractivity contribution is 0.133. The minimum atomic E-state index is -1.03. The zero-order valence-electron chi connectivity index (χ0n) is 19.3. The maximum absolute atomic E-state index is 14.5. The third-order valence-electron chi connectivity index (χ3n) is 5.94. The van der Waals surface area contributed by atoms with E-state index >= 15 is 0 Å². The smallest absolute Gasteiger partial charge is 0.147 e. The summed E-state index contributed by atoms with van der Waals surface area (Å²) in [4.78, 5) is 8.82. The molecule has 0 unspecified atom stereocenters. The van der Waals surface area contributed by atoms with Gasteiger partial charge in [0.1, 0.15) is 24.3 Å². The summed E-state index contributed by atoms with van der Waals surface area (Å²) in [6.07, 6.45) is -0.247. The molecule has 3 aromatic rings. The zero-order valence-corrected chi connectivity index (χ0v) is 19.3. The van der Waals surface area contributed by atoms with E-state index in [4.69, 9.17) is 4.74 Å². The molecule has 0 saturated carbocycles. The molecule has 0 amide bonds. The first-order valence-electron chi connectivity index (χ1n) is 11.5. The minimum absolute atomic E-state index is 0.0542. The van der Waals surface area contributed by atoms with Crippen LogP contribution in [-0.2, 0) is 6.42 Å². The topological polar surface area (TPSA) is 28.6 Å². The summed E-state index contributed by atoms with van der Waals surface area (Å²) < 4.78 is 33.3. The van der Waals surface area contributed by atoms with Gasteiger partial charge >= 0.3 is 0 Å². The van der Waals surface area contributed by atoms with E-state index < -0.39 is 6.17 Å². The van der Waals surface area contributed by atoms with Crippen LogP contribution in [-0.4, -0.2) is 55.4 Å². The molecule has 6 heteroatoms. The van der Waals surface area contributed by atoms with Gasteiger partial charge in [0.15, 0.2) is 0 Å². The van der Waals surface area contributed by atoms with Crippen molar-refractivity contribution in [3.63, 3.8) is 0 Å². The van der Waals surface area contributed by atoms with Gasteiger partial charge in [-0.25, -0.2) is 8.78 Å². The summed E-state index contributed by atoms with van der Waals surface area (Å²) in [7, 11) is 0. The maximum atomic E-state index is 14.5. The van der Waals surface area contributed by atoms with Crippen LogP contribution in [0.25, 0.3) is 0 Å². The predicted molar refractivity (Wildman–Crippen MR) is 128 cm³/mol. The van der Waals surface area contributed by atoms with Crippen molar-refractivity contribution in [1.82, 2.24) is 9.88 Å². The van der Waals surface area contributed by atoms with Crippen LogP contribution in [0.15, 0.2) is 60.7 Å². The Morgan fingerprint density at radius 3 is 2.06 bits per heavy atom. The second kappa shape index (κ2) is 10.8. The molecule has 0 radical (unpaired) electrons. The third-order valence-corrected chi connectivity index (χ3v) is 5.94. The molecule has 1 saturated heterocycles. The largest absolute Gasteiger partial charge is 0.490 e. The quantitative estimate of drug-likeness (QED) is 0.484. The molecule has 0 N–H and O–H groups in total. The van der Waals surface area contributed by atoms with Crippen LogP contribution >= 0.6 is 0 Å². The Bertz CT molecular complexity index is 1010. The number of anilines is 1. The maximum Gasteiger partial charge on any atom is 0.147 e. The SMILES string of the molecule is Cc1cc(OC[C@H](F)CN2CCN(c3ccc(Cc4ccc(F)cc4)cc3)CC2)cc(C)n1.